The molecule has 0 spiro atoms. The molecule has 0 rings (SSSR count). The van der Waals surface area contributed by atoms with Crippen LogP contribution in [0.5, 0.6) is 0 Å². The minimum absolute atomic E-state index is 0.0371. The van der Waals surface area contributed by atoms with E-state index in [2.05, 4.69) is 149 Å². The maximum atomic E-state index is 13.1. The fourth-order valence-electron chi connectivity index (χ4n) is 10.8. The van der Waals surface area contributed by atoms with E-state index in [1.807, 2.05) is 12.2 Å². The lowest BCUT2D eigenvalue weighted by atomic mass is 10.0. The van der Waals surface area contributed by atoms with Crippen LogP contribution in [0.25, 0.3) is 0 Å². The van der Waals surface area contributed by atoms with Crippen molar-refractivity contribution >= 4 is 39.5 Å². The lowest BCUT2D eigenvalue weighted by molar-refractivity contribution is -0.161. The zero-order chi connectivity index (χ0) is 77.4. The Labute approximate surface area is 644 Å². The van der Waals surface area contributed by atoms with Gasteiger partial charge in [0.15, 0.2) is 12.2 Å². The van der Waals surface area contributed by atoms with Crippen molar-refractivity contribution in [1.29, 1.82) is 0 Å². The fourth-order valence-corrected chi connectivity index (χ4v) is 12.4. The molecule has 0 amide bonds. The Morgan fingerprint density at radius 1 is 0.274 bits per heavy atom. The summed E-state index contributed by atoms with van der Waals surface area (Å²) in [6.45, 7) is 4.63. The molecule has 2 unspecified atom stereocenters. The molecule has 0 aromatic carbocycles. The van der Waals surface area contributed by atoms with Crippen LogP contribution < -0.4 is 0 Å². The maximum absolute atomic E-state index is 13.1. The van der Waals surface area contributed by atoms with Gasteiger partial charge in [-0.2, -0.15) is 0 Å². The summed E-state index contributed by atoms with van der Waals surface area (Å²) in [5.74, 6) is -2.31. The van der Waals surface area contributed by atoms with Gasteiger partial charge in [0, 0.05) is 25.7 Å². The van der Waals surface area contributed by atoms with Crippen LogP contribution in [0.4, 0.5) is 0 Å². The van der Waals surface area contributed by atoms with Crippen LogP contribution >= 0.6 is 15.6 Å². The average molecular weight is 1530 g/mol. The predicted molar refractivity (Wildman–Crippen MR) is 436 cm³/mol. The van der Waals surface area contributed by atoms with E-state index < -0.39 is 97.5 Å². The number of phosphoric ester groups is 2. The Morgan fingerprint density at radius 3 is 0.849 bits per heavy atom. The smallest absolute Gasteiger partial charge is 0.462 e. The first-order chi connectivity index (χ1) is 51.7. The van der Waals surface area contributed by atoms with Gasteiger partial charge in [-0.1, -0.05) is 309 Å². The predicted octanol–water partition coefficient (Wildman–Crippen LogP) is 24.4. The van der Waals surface area contributed by atoms with Crippen molar-refractivity contribution in [3.05, 3.63) is 134 Å². The fraction of sp³-hybridized carbons (Fsp3) is 0.701. The molecular formula is C87H148O17P2. The SMILES string of the molecule is CC/C=C\C/C=C\C/C=C\C/C=C\C/C=C\CCCCCC(=O)OC[C@H](COP(=O)(O)OC[C@@H](O)COP(=O)(O)OC[C@@H](COC(=O)CC/C=C\C/C=C\C/C=C\C/C=C\C/C=C\CCCCC)OC(=O)CCCCCCCCCCCCCCC)OC(=O)CCCCCCC/C=C\CCCCCCCC. The highest BCUT2D eigenvalue weighted by molar-refractivity contribution is 7.47. The van der Waals surface area contributed by atoms with Crippen molar-refractivity contribution in [1.82, 2.24) is 0 Å². The molecule has 0 fully saturated rings. The monoisotopic (exact) mass is 1530 g/mol. The molecule has 17 nitrogen and oxygen atoms in total. The van der Waals surface area contributed by atoms with Gasteiger partial charge < -0.3 is 33.8 Å². The molecule has 0 saturated heterocycles. The molecule has 0 aromatic heterocycles. The van der Waals surface area contributed by atoms with Crippen molar-refractivity contribution in [2.45, 2.75) is 354 Å². The minimum atomic E-state index is -5.00. The molecule has 0 aliphatic heterocycles. The van der Waals surface area contributed by atoms with Crippen LogP contribution in [0.15, 0.2) is 134 Å². The number of hydrogen-bond donors (Lipinski definition) is 3. The third-order valence-corrected chi connectivity index (χ3v) is 19.0. The van der Waals surface area contributed by atoms with Crippen LogP contribution in [-0.2, 0) is 65.4 Å². The molecule has 0 aliphatic rings. The molecule has 19 heteroatoms. The number of rotatable bonds is 77. The van der Waals surface area contributed by atoms with Gasteiger partial charge in [-0.25, -0.2) is 9.13 Å². The van der Waals surface area contributed by atoms with Crippen LogP contribution in [0.3, 0.4) is 0 Å². The molecule has 5 atom stereocenters. The van der Waals surface area contributed by atoms with Gasteiger partial charge in [-0.15, -0.1) is 0 Å². The van der Waals surface area contributed by atoms with Gasteiger partial charge in [0.05, 0.1) is 26.4 Å². The highest BCUT2D eigenvalue weighted by atomic mass is 31.2. The van der Waals surface area contributed by atoms with Gasteiger partial charge in [0.1, 0.15) is 19.3 Å². The normalized spacial score (nSPS) is 14.5. The van der Waals surface area contributed by atoms with E-state index in [0.717, 1.165) is 141 Å². The van der Waals surface area contributed by atoms with E-state index in [4.69, 9.17) is 37.0 Å². The van der Waals surface area contributed by atoms with Crippen molar-refractivity contribution in [3.8, 4) is 0 Å². The van der Waals surface area contributed by atoms with E-state index in [-0.39, 0.29) is 25.7 Å². The van der Waals surface area contributed by atoms with E-state index >= 15 is 0 Å². The molecule has 608 valence electrons. The van der Waals surface area contributed by atoms with Gasteiger partial charge >= 0.3 is 39.5 Å². The summed E-state index contributed by atoms with van der Waals surface area (Å²) in [6, 6.07) is 0. The number of carbonyl (C=O) groups excluding carboxylic acids is 4. The topological polar surface area (TPSA) is 237 Å². The third kappa shape index (κ3) is 77.4. The number of esters is 4. The molecule has 106 heavy (non-hydrogen) atoms. The number of aliphatic hydroxyl groups is 1. The first-order valence-electron chi connectivity index (χ1n) is 41.4. The molecule has 0 radical (unpaired) electrons. The Morgan fingerprint density at radius 2 is 0.509 bits per heavy atom. The standard InChI is InChI=1S/C87H148O17P2/c1-5-9-13-17-21-25-29-33-36-38-40-42-45-48-51-55-59-63-67-71-84(89)97-77-82(103-86(91)73-69-65-61-57-53-47-32-28-24-20-16-12-8-4)79-101-105(93,94)99-75-81(88)76-100-106(95,96)102-80-83(104-87(92)74-70-66-62-58-54-50-44-35-31-27-23-19-15-11-7-3)78-98-85(90)72-68-64-60-56-52-49-46-43-41-39-37-34-30-26-22-18-14-10-6-2/h10,14,21-22,25-26,33-37,40-44,48-49,51-52,59,63,81-83,88H,5-9,11-13,15-20,23-24,27-32,38-39,45-47,50,53-58,60-62,64-80H2,1-4H3,(H,93,94)(H,95,96)/b14-10-,25-21-,26-22-,36-33-,37-34-,42-40-,43-41-,44-35-,51-48-,52-49-,63-59-/t81-,82+,83+/m0/s1. The van der Waals surface area contributed by atoms with Gasteiger partial charge in [0.25, 0.3) is 0 Å². The zero-order valence-corrected chi connectivity index (χ0v) is 68.4. The molecule has 0 heterocycles. The summed E-state index contributed by atoms with van der Waals surface area (Å²) < 4.78 is 68.6. The molecule has 0 saturated carbocycles. The number of phosphoric acid groups is 2. The van der Waals surface area contributed by atoms with E-state index in [9.17, 15) is 43.2 Å². The summed E-state index contributed by atoms with van der Waals surface area (Å²) in [4.78, 5) is 73.1. The molecule has 0 aliphatic carbocycles. The number of carbonyl (C=O) groups is 4. The second-order valence-corrected chi connectivity index (χ2v) is 30.2. The van der Waals surface area contributed by atoms with Crippen LogP contribution in [0, 0.1) is 0 Å². The van der Waals surface area contributed by atoms with Crippen molar-refractivity contribution < 1.29 is 80.2 Å². The first kappa shape index (κ1) is 101. The van der Waals surface area contributed by atoms with E-state index in [0.29, 0.717) is 32.1 Å². The molecular weight excluding hydrogens is 1380 g/mol. The Kier molecular flexibility index (Phi) is 74.8. The van der Waals surface area contributed by atoms with Crippen LogP contribution in [0.1, 0.15) is 336 Å². The molecule has 0 aromatic rings. The molecule has 3 N–H and O–H groups in total. The average Bonchev–Trinajstić information content (AvgIpc) is 0.933. The highest BCUT2D eigenvalue weighted by Gasteiger charge is 2.30. The Hall–Kier alpha value is -4.80. The third-order valence-electron chi connectivity index (χ3n) is 17.1. The van der Waals surface area contributed by atoms with Crippen LogP contribution in [0.2, 0.25) is 0 Å². The first-order valence-corrected chi connectivity index (χ1v) is 44.4. The van der Waals surface area contributed by atoms with Gasteiger partial charge in [0.2, 0.25) is 0 Å². The number of aliphatic hydroxyl groups excluding tert-OH is 1. The highest BCUT2D eigenvalue weighted by Crippen LogP contribution is 2.45. The van der Waals surface area contributed by atoms with E-state index in [1.54, 1.807) is 0 Å². The van der Waals surface area contributed by atoms with Crippen LogP contribution in [-0.4, -0.2) is 96.7 Å². The summed E-state index contributed by atoms with van der Waals surface area (Å²) in [5.41, 5.74) is 0. The number of unbranched alkanes of at least 4 members (excludes halogenated alkanes) is 29. The van der Waals surface area contributed by atoms with Crippen molar-refractivity contribution in [2.24, 2.45) is 0 Å². The van der Waals surface area contributed by atoms with Crippen molar-refractivity contribution in [2.75, 3.05) is 39.6 Å². The lowest BCUT2D eigenvalue weighted by Crippen LogP contribution is -2.30. The molecule has 0 bridgehead atoms. The minimum Gasteiger partial charge on any atom is -0.462 e. The maximum Gasteiger partial charge on any atom is 0.472 e. The Balaban J connectivity index is 5.44. The zero-order valence-electron chi connectivity index (χ0n) is 66.6. The van der Waals surface area contributed by atoms with Crippen molar-refractivity contribution in [3.63, 3.8) is 0 Å². The second kappa shape index (κ2) is 78.3. The summed E-state index contributed by atoms with van der Waals surface area (Å²) in [5, 5.41) is 10.7. The van der Waals surface area contributed by atoms with Gasteiger partial charge in [-0.05, 0) is 135 Å². The number of ether oxygens (including phenoxy) is 4. The number of allylic oxidation sites excluding steroid dienone is 22. The quantitative estimate of drug-likeness (QED) is 0.0169. The Bertz CT molecular complexity index is 2530. The lowest BCUT2D eigenvalue weighted by Gasteiger charge is -2.21. The summed E-state index contributed by atoms with van der Waals surface area (Å²) >= 11 is 0. The largest absolute Gasteiger partial charge is 0.472 e. The van der Waals surface area contributed by atoms with Gasteiger partial charge in [-0.3, -0.25) is 37.3 Å². The van der Waals surface area contributed by atoms with E-state index in [1.165, 1.54) is 109 Å². The second-order valence-electron chi connectivity index (χ2n) is 27.3. The summed E-state index contributed by atoms with van der Waals surface area (Å²) in [6.07, 6.45) is 88.7. The summed E-state index contributed by atoms with van der Waals surface area (Å²) in [7, 11) is -9.99. The number of hydrogen-bond acceptors (Lipinski definition) is 15.